The van der Waals surface area contributed by atoms with E-state index >= 15 is 0 Å². The number of rotatable bonds is 3. The van der Waals surface area contributed by atoms with Crippen molar-refractivity contribution in [3.8, 4) is 0 Å². The molecule has 0 radical (unpaired) electrons. The summed E-state index contributed by atoms with van der Waals surface area (Å²) in [7, 11) is 0. The molecule has 0 aliphatic heterocycles. The molecule has 1 aromatic heterocycles. The van der Waals surface area contributed by atoms with E-state index in [4.69, 9.17) is 0 Å². The zero-order chi connectivity index (χ0) is 10.8. The predicted octanol–water partition coefficient (Wildman–Crippen LogP) is 2.52. The van der Waals surface area contributed by atoms with Gasteiger partial charge in [0.25, 0.3) is 0 Å². The molecule has 0 saturated carbocycles. The van der Waals surface area contributed by atoms with E-state index in [1.54, 1.807) is 6.20 Å². The van der Waals surface area contributed by atoms with E-state index in [-0.39, 0.29) is 0 Å². The fraction of sp³-hybridized carbons (Fsp3) is 0.583. The molecule has 1 rings (SSSR count). The molecule has 0 atom stereocenters. The van der Waals surface area contributed by atoms with E-state index in [1.165, 1.54) is 5.56 Å². The summed E-state index contributed by atoms with van der Waals surface area (Å²) in [6.45, 7) is 7.91. The molecule has 1 aromatic rings. The summed E-state index contributed by atoms with van der Waals surface area (Å²) < 4.78 is 0. The van der Waals surface area contributed by atoms with Gasteiger partial charge in [0, 0.05) is 18.3 Å². The molecule has 0 aliphatic carbocycles. The summed E-state index contributed by atoms with van der Waals surface area (Å²) in [6.07, 6.45) is 2.40. The maximum Gasteiger partial charge on any atom is 0.0647 e. The topological polar surface area (TPSA) is 33.1 Å². The number of aliphatic hydroxyl groups is 1. The molecular formula is C12H19NO. The molecule has 0 aromatic carbocycles. The lowest BCUT2D eigenvalue weighted by Crippen LogP contribution is -2.23. The number of hydrogen-bond acceptors (Lipinski definition) is 2. The fourth-order valence-corrected chi connectivity index (χ4v) is 1.53. The molecule has 2 heteroatoms. The summed E-state index contributed by atoms with van der Waals surface area (Å²) in [5.74, 6) is 0.459. The van der Waals surface area contributed by atoms with Gasteiger partial charge in [0.1, 0.15) is 0 Å². The highest BCUT2D eigenvalue weighted by Gasteiger charge is 2.17. The molecule has 0 amide bonds. The lowest BCUT2D eigenvalue weighted by atomic mass is 9.94. The highest BCUT2D eigenvalue weighted by molar-refractivity contribution is 5.24. The molecule has 1 N–H and O–H groups in total. The van der Waals surface area contributed by atoms with E-state index in [1.807, 2.05) is 19.9 Å². The molecule has 0 bridgehead atoms. The molecule has 0 fully saturated rings. The van der Waals surface area contributed by atoms with Gasteiger partial charge in [0.15, 0.2) is 0 Å². The Bertz CT molecular complexity index is 299. The molecule has 0 aliphatic rings. The first-order chi connectivity index (χ1) is 6.40. The second-order valence-electron chi connectivity index (χ2n) is 4.68. The van der Waals surface area contributed by atoms with Gasteiger partial charge in [-0.15, -0.1) is 0 Å². The molecule has 0 saturated heterocycles. The second-order valence-corrected chi connectivity index (χ2v) is 4.68. The van der Waals surface area contributed by atoms with Gasteiger partial charge in [-0.2, -0.15) is 0 Å². The fourth-order valence-electron chi connectivity index (χ4n) is 1.53. The van der Waals surface area contributed by atoms with E-state index in [2.05, 4.69) is 24.9 Å². The summed E-state index contributed by atoms with van der Waals surface area (Å²) in [4.78, 5) is 4.33. The van der Waals surface area contributed by atoms with Crippen LogP contribution in [-0.2, 0) is 6.42 Å². The van der Waals surface area contributed by atoms with E-state index in [0.717, 1.165) is 5.69 Å². The second kappa shape index (κ2) is 4.09. The van der Waals surface area contributed by atoms with E-state index < -0.39 is 5.60 Å². The number of pyridine rings is 1. The van der Waals surface area contributed by atoms with Gasteiger partial charge in [-0.3, -0.25) is 4.98 Å². The number of hydrogen-bond donors (Lipinski definition) is 1. The predicted molar refractivity (Wildman–Crippen MR) is 58.3 cm³/mol. The van der Waals surface area contributed by atoms with Crippen LogP contribution in [0.3, 0.4) is 0 Å². The van der Waals surface area contributed by atoms with Gasteiger partial charge in [-0.05, 0) is 31.4 Å². The van der Waals surface area contributed by atoms with Crippen molar-refractivity contribution >= 4 is 0 Å². The van der Waals surface area contributed by atoms with Crippen molar-refractivity contribution in [3.05, 3.63) is 29.6 Å². The third-order valence-corrected chi connectivity index (χ3v) is 2.15. The average Bonchev–Trinajstić information content (AvgIpc) is 2.01. The standard InChI is InChI=1S/C12H19NO/c1-9(2)10-6-5-7-13-11(10)8-12(3,4)14/h5-7,9,14H,8H2,1-4H3. The van der Waals surface area contributed by atoms with Crippen LogP contribution in [0.4, 0.5) is 0 Å². The van der Waals surface area contributed by atoms with Crippen LogP contribution in [0, 0.1) is 0 Å². The SMILES string of the molecule is CC(C)c1cccnc1CC(C)(C)O. The van der Waals surface area contributed by atoms with Crippen LogP contribution in [0.5, 0.6) is 0 Å². The van der Waals surface area contributed by atoms with Crippen molar-refractivity contribution in [2.24, 2.45) is 0 Å². The van der Waals surface area contributed by atoms with Crippen LogP contribution >= 0.6 is 0 Å². The minimum absolute atomic E-state index is 0.459. The largest absolute Gasteiger partial charge is 0.390 e. The van der Waals surface area contributed by atoms with Crippen molar-refractivity contribution in [2.75, 3.05) is 0 Å². The van der Waals surface area contributed by atoms with Gasteiger partial charge in [0.05, 0.1) is 5.60 Å². The molecule has 2 nitrogen and oxygen atoms in total. The molecule has 14 heavy (non-hydrogen) atoms. The molecular weight excluding hydrogens is 174 g/mol. The van der Waals surface area contributed by atoms with Crippen LogP contribution in [0.2, 0.25) is 0 Å². The number of aromatic nitrogens is 1. The monoisotopic (exact) mass is 193 g/mol. The third-order valence-electron chi connectivity index (χ3n) is 2.15. The van der Waals surface area contributed by atoms with Crippen LogP contribution in [0.1, 0.15) is 44.9 Å². The first kappa shape index (κ1) is 11.2. The lowest BCUT2D eigenvalue weighted by molar-refractivity contribution is 0.0796. The third kappa shape index (κ3) is 3.11. The first-order valence-electron chi connectivity index (χ1n) is 5.06. The van der Waals surface area contributed by atoms with E-state index in [9.17, 15) is 5.11 Å². The summed E-state index contributed by atoms with van der Waals surface area (Å²) in [5, 5.41) is 9.74. The Kier molecular flexibility index (Phi) is 3.27. The van der Waals surface area contributed by atoms with Crippen molar-refractivity contribution in [2.45, 2.75) is 45.6 Å². The Morgan fingerprint density at radius 1 is 1.43 bits per heavy atom. The zero-order valence-electron chi connectivity index (χ0n) is 9.41. The van der Waals surface area contributed by atoms with Crippen LogP contribution < -0.4 is 0 Å². The van der Waals surface area contributed by atoms with Gasteiger partial charge in [0.2, 0.25) is 0 Å². The zero-order valence-corrected chi connectivity index (χ0v) is 9.41. The van der Waals surface area contributed by atoms with Gasteiger partial charge < -0.3 is 5.11 Å². The van der Waals surface area contributed by atoms with Crippen LogP contribution in [-0.4, -0.2) is 15.7 Å². The summed E-state index contributed by atoms with van der Waals surface area (Å²) in [5.41, 5.74) is 1.56. The van der Waals surface area contributed by atoms with Gasteiger partial charge in [-0.25, -0.2) is 0 Å². The van der Waals surface area contributed by atoms with Gasteiger partial charge >= 0.3 is 0 Å². The molecule has 0 unspecified atom stereocenters. The van der Waals surface area contributed by atoms with Crippen molar-refractivity contribution in [1.82, 2.24) is 4.98 Å². The highest BCUT2D eigenvalue weighted by atomic mass is 16.3. The lowest BCUT2D eigenvalue weighted by Gasteiger charge is -2.19. The van der Waals surface area contributed by atoms with E-state index in [0.29, 0.717) is 12.3 Å². The Labute approximate surface area is 86.0 Å². The Morgan fingerprint density at radius 3 is 2.57 bits per heavy atom. The van der Waals surface area contributed by atoms with Crippen LogP contribution in [0.25, 0.3) is 0 Å². The van der Waals surface area contributed by atoms with Crippen molar-refractivity contribution in [1.29, 1.82) is 0 Å². The Hall–Kier alpha value is -0.890. The Morgan fingerprint density at radius 2 is 2.07 bits per heavy atom. The quantitative estimate of drug-likeness (QED) is 0.800. The maximum atomic E-state index is 9.74. The summed E-state index contributed by atoms with van der Waals surface area (Å²) in [6, 6.07) is 4.03. The molecule has 0 spiro atoms. The highest BCUT2D eigenvalue weighted by Crippen LogP contribution is 2.20. The number of nitrogens with zero attached hydrogens (tertiary/aromatic N) is 1. The minimum Gasteiger partial charge on any atom is -0.390 e. The summed E-state index contributed by atoms with van der Waals surface area (Å²) >= 11 is 0. The van der Waals surface area contributed by atoms with Crippen molar-refractivity contribution in [3.63, 3.8) is 0 Å². The van der Waals surface area contributed by atoms with Crippen molar-refractivity contribution < 1.29 is 5.11 Å². The van der Waals surface area contributed by atoms with Crippen LogP contribution in [0.15, 0.2) is 18.3 Å². The smallest absolute Gasteiger partial charge is 0.0647 e. The first-order valence-corrected chi connectivity index (χ1v) is 5.06. The average molecular weight is 193 g/mol. The molecule has 78 valence electrons. The molecule has 1 heterocycles. The van der Waals surface area contributed by atoms with Gasteiger partial charge in [-0.1, -0.05) is 19.9 Å². The maximum absolute atomic E-state index is 9.74. The Balaban J connectivity index is 2.96. The normalized spacial score (nSPS) is 12.1. The minimum atomic E-state index is -0.683.